The van der Waals surface area contributed by atoms with E-state index in [0.29, 0.717) is 5.92 Å². The molecule has 86 valence electrons. The summed E-state index contributed by atoms with van der Waals surface area (Å²) in [7, 11) is 0. The van der Waals surface area contributed by atoms with Crippen molar-refractivity contribution >= 4 is 11.3 Å². The number of imidazole rings is 1. The van der Waals surface area contributed by atoms with Gasteiger partial charge in [0.1, 0.15) is 5.82 Å². The Morgan fingerprint density at radius 1 is 1.44 bits per heavy atom. The second-order valence-electron chi connectivity index (χ2n) is 4.15. The van der Waals surface area contributed by atoms with Crippen LogP contribution in [0.1, 0.15) is 19.5 Å². The van der Waals surface area contributed by atoms with Gasteiger partial charge in [-0.2, -0.15) is 0 Å². The van der Waals surface area contributed by atoms with Crippen molar-refractivity contribution in [2.45, 2.75) is 20.4 Å². The van der Waals surface area contributed by atoms with E-state index in [2.05, 4.69) is 34.1 Å². The van der Waals surface area contributed by atoms with Gasteiger partial charge in [0.05, 0.1) is 10.4 Å². The van der Waals surface area contributed by atoms with Crippen molar-refractivity contribution in [1.82, 2.24) is 20.3 Å². The maximum Gasteiger partial charge on any atom is 0.149 e. The van der Waals surface area contributed by atoms with E-state index in [1.807, 2.05) is 17.9 Å². The van der Waals surface area contributed by atoms with E-state index in [1.165, 1.54) is 0 Å². The Morgan fingerprint density at radius 2 is 2.31 bits per heavy atom. The third kappa shape index (κ3) is 2.90. The Bertz CT molecular complexity index is 419. The van der Waals surface area contributed by atoms with Crippen LogP contribution in [0.25, 0.3) is 10.7 Å². The molecule has 2 aromatic heterocycles. The van der Waals surface area contributed by atoms with Gasteiger partial charge in [-0.3, -0.25) is 4.98 Å². The molecule has 0 aliphatic carbocycles. The zero-order valence-corrected chi connectivity index (χ0v) is 10.3. The van der Waals surface area contributed by atoms with E-state index in [0.717, 1.165) is 29.5 Å². The minimum Gasteiger partial charge on any atom is -0.340 e. The van der Waals surface area contributed by atoms with Crippen molar-refractivity contribution < 1.29 is 0 Å². The molecule has 0 saturated heterocycles. The van der Waals surface area contributed by atoms with Gasteiger partial charge in [0, 0.05) is 24.6 Å². The molecule has 2 aromatic rings. The number of hydrogen-bond donors (Lipinski definition) is 2. The lowest BCUT2D eigenvalue weighted by Crippen LogP contribution is -2.19. The molecule has 0 aromatic carbocycles. The minimum absolute atomic E-state index is 0.670. The van der Waals surface area contributed by atoms with Gasteiger partial charge in [-0.25, -0.2) is 4.98 Å². The first-order valence-electron chi connectivity index (χ1n) is 5.39. The highest BCUT2D eigenvalue weighted by Crippen LogP contribution is 2.19. The standard InChI is InChI=1S/C11H16N4S/c1-8(2)3-12-4-9-5-14-11(15-9)10-6-13-7-16-10/h5-8,12H,3-4H2,1-2H3,(H,14,15). The van der Waals surface area contributed by atoms with Crippen molar-refractivity contribution in [3.8, 4) is 10.7 Å². The van der Waals surface area contributed by atoms with Gasteiger partial charge >= 0.3 is 0 Å². The molecule has 0 unspecified atom stereocenters. The van der Waals surface area contributed by atoms with Gasteiger partial charge in [-0.15, -0.1) is 11.3 Å². The quantitative estimate of drug-likeness (QED) is 0.837. The lowest BCUT2D eigenvalue weighted by molar-refractivity contribution is 0.549. The zero-order valence-electron chi connectivity index (χ0n) is 9.53. The summed E-state index contributed by atoms with van der Waals surface area (Å²) in [5, 5.41) is 3.38. The van der Waals surface area contributed by atoms with Crippen LogP contribution >= 0.6 is 11.3 Å². The summed E-state index contributed by atoms with van der Waals surface area (Å²) in [5.41, 5.74) is 2.93. The van der Waals surface area contributed by atoms with Gasteiger partial charge in [-0.05, 0) is 12.5 Å². The van der Waals surface area contributed by atoms with Crippen LogP contribution in [-0.4, -0.2) is 21.5 Å². The molecule has 0 saturated carbocycles. The molecule has 0 spiro atoms. The van der Waals surface area contributed by atoms with E-state index >= 15 is 0 Å². The Labute approximate surface area is 99.2 Å². The fraction of sp³-hybridized carbons (Fsp3) is 0.455. The highest BCUT2D eigenvalue weighted by Gasteiger charge is 2.04. The molecule has 0 aliphatic rings. The third-order valence-corrected chi connectivity index (χ3v) is 2.94. The molecule has 16 heavy (non-hydrogen) atoms. The summed E-state index contributed by atoms with van der Waals surface area (Å²) >= 11 is 1.59. The molecule has 0 amide bonds. The summed E-state index contributed by atoms with van der Waals surface area (Å²) in [6, 6.07) is 0. The van der Waals surface area contributed by atoms with Crippen LogP contribution < -0.4 is 5.32 Å². The van der Waals surface area contributed by atoms with Crippen LogP contribution in [0, 0.1) is 5.92 Å². The normalized spacial score (nSPS) is 11.2. The Morgan fingerprint density at radius 3 is 3.00 bits per heavy atom. The SMILES string of the molecule is CC(C)CNCc1cnc(-c2cncs2)[nH]1. The minimum atomic E-state index is 0.670. The molecule has 2 heterocycles. The van der Waals surface area contributed by atoms with Crippen molar-refractivity contribution in [1.29, 1.82) is 0 Å². The van der Waals surface area contributed by atoms with Crippen LogP contribution in [0.2, 0.25) is 0 Å². The number of hydrogen-bond acceptors (Lipinski definition) is 4. The Hall–Kier alpha value is -1.20. The second-order valence-corrected chi connectivity index (χ2v) is 5.03. The monoisotopic (exact) mass is 236 g/mol. The number of aromatic nitrogens is 3. The molecule has 0 aliphatic heterocycles. The van der Waals surface area contributed by atoms with Gasteiger partial charge in [0.15, 0.2) is 0 Å². The number of rotatable bonds is 5. The molecular weight excluding hydrogens is 220 g/mol. The van der Waals surface area contributed by atoms with Crippen molar-refractivity contribution in [2.24, 2.45) is 5.92 Å². The first-order chi connectivity index (χ1) is 7.75. The second kappa shape index (κ2) is 5.23. The van der Waals surface area contributed by atoms with Crippen LogP contribution in [0.4, 0.5) is 0 Å². The predicted molar refractivity (Wildman–Crippen MR) is 66.2 cm³/mol. The fourth-order valence-electron chi connectivity index (χ4n) is 1.40. The number of aromatic amines is 1. The van der Waals surface area contributed by atoms with Crippen LogP contribution in [0.5, 0.6) is 0 Å². The number of thiazole rings is 1. The van der Waals surface area contributed by atoms with E-state index in [1.54, 1.807) is 11.3 Å². The maximum absolute atomic E-state index is 4.33. The number of nitrogens with zero attached hydrogens (tertiary/aromatic N) is 2. The van der Waals surface area contributed by atoms with Crippen molar-refractivity contribution in [2.75, 3.05) is 6.54 Å². The summed E-state index contributed by atoms with van der Waals surface area (Å²) in [6.45, 7) is 6.25. The van der Waals surface area contributed by atoms with Gasteiger partial charge < -0.3 is 10.3 Å². The summed E-state index contributed by atoms with van der Waals surface area (Å²) in [6.07, 6.45) is 3.71. The smallest absolute Gasteiger partial charge is 0.149 e. The highest BCUT2D eigenvalue weighted by atomic mass is 32.1. The Kier molecular flexibility index (Phi) is 3.69. The lowest BCUT2D eigenvalue weighted by atomic mass is 10.2. The molecule has 0 radical (unpaired) electrons. The summed E-state index contributed by atoms with van der Waals surface area (Å²) < 4.78 is 0. The van der Waals surface area contributed by atoms with Crippen LogP contribution in [-0.2, 0) is 6.54 Å². The molecule has 0 fully saturated rings. The van der Waals surface area contributed by atoms with E-state index in [9.17, 15) is 0 Å². The first-order valence-corrected chi connectivity index (χ1v) is 6.27. The molecule has 2 N–H and O–H groups in total. The zero-order chi connectivity index (χ0) is 11.4. The molecule has 0 bridgehead atoms. The summed E-state index contributed by atoms with van der Waals surface area (Å²) in [4.78, 5) is 12.7. The topological polar surface area (TPSA) is 53.6 Å². The average molecular weight is 236 g/mol. The number of H-pyrrole nitrogens is 1. The van der Waals surface area contributed by atoms with Crippen LogP contribution in [0.3, 0.4) is 0 Å². The molecule has 4 nitrogen and oxygen atoms in total. The summed E-state index contributed by atoms with van der Waals surface area (Å²) in [5.74, 6) is 1.58. The van der Waals surface area contributed by atoms with E-state index in [-0.39, 0.29) is 0 Å². The number of nitrogens with one attached hydrogen (secondary N) is 2. The average Bonchev–Trinajstić information content (AvgIpc) is 2.85. The predicted octanol–water partition coefficient (Wildman–Crippen LogP) is 2.28. The van der Waals surface area contributed by atoms with Crippen LogP contribution in [0.15, 0.2) is 17.9 Å². The molecule has 5 heteroatoms. The molecule has 0 atom stereocenters. The van der Waals surface area contributed by atoms with Crippen molar-refractivity contribution in [3.63, 3.8) is 0 Å². The van der Waals surface area contributed by atoms with E-state index in [4.69, 9.17) is 0 Å². The fourth-order valence-corrected chi connectivity index (χ4v) is 1.97. The van der Waals surface area contributed by atoms with Crippen molar-refractivity contribution in [3.05, 3.63) is 23.6 Å². The highest BCUT2D eigenvalue weighted by molar-refractivity contribution is 7.13. The van der Waals surface area contributed by atoms with Gasteiger partial charge in [0.2, 0.25) is 0 Å². The van der Waals surface area contributed by atoms with Gasteiger partial charge in [0.25, 0.3) is 0 Å². The third-order valence-electron chi connectivity index (χ3n) is 2.16. The lowest BCUT2D eigenvalue weighted by Gasteiger charge is -2.05. The van der Waals surface area contributed by atoms with E-state index < -0.39 is 0 Å². The molecular formula is C11H16N4S. The molecule has 2 rings (SSSR count). The first kappa shape index (κ1) is 11.3. The van der Waals surface area contributed by atoms with Gasteiger partial charge in [-0.1, -0.05) is 13.8 Å². The largest absolute Gasteiger partial charge is 0.340 e. The Balaban J connectivity index is 1.93. The maximum atomic E-state index is 4.33.